The molecule has 2 N–H and O–H groups in total. The van der Waals surface area contributed by atoms with Crippen LogP contribution in [0.1, 0.15) is 24.5 Å². The molecule has 1 heterocycles. The number of aliphatic imine (C=N–C) groups is 1. The van der Waals surface area contributed by atoms with Gasteiger partial charge in [-0.2, -0.15) is 0 Å². The minimum atomic E-state index is -0.189. The first-order valence-corrected chi connectivity index (χ1v) is 6.39. The van der Waals surface area contributed by atoms with Gasteiger partial charge in [0.05, 0.1) is 0 Å². The topological polar surface area (TPSA) is 61.7 Å². The van der Waals surface area contributed by atoms with Gasteiger partial charge < -0.3 is 10.4 Å². The van der Waals surface area contributed by atoms with Crippen molar-refractivity contribution < 1.29 is 9.90 Å². The SMILES string of the molecule is CC(=O)/C(C1=NCCCN1)=C(/O)c1ccc(C)cc1. The standard InChI is InChI=1S/C15H18N2O2/c1-10-4-6-12(7-5-10)14(19)13(11(2)18)15-16-8-3-9-17-15/h4-7,19H,3,8-9H2,1-2H3,(H,16,17)/b14-13-. The van der Waals surface area contributed by atoms with E-state index in [0.717, 1.165) is 18.5 Å². The molecule has 100 valence electrons. The second kappa shape index (κ2) is 5.69. The van der Waals surface area contributed by atoms with Crippen molar-refractivity contribution in [3.63, 3.8) is 0 Å². The van der Waals surface area contributed by atoms with E-state index in [0.29, 0.717) is 17.9 Å². The van der Waals surface area contributed by atoms with Crippen LogP contribution in [0.5, 0.6) is 0 Å². The van der Waals surface area contributed by atoms with Gasteiger partial charge >= 0.3 is 0 Å². The molecular weight excluding hydrogens is 240 g/mol. The summed E-state index contributed by atoms with van der Waals surface area (Å²) >= 11 is 0. The molecule has 1 aliphatic heterocycles. The molecule has 0 amide bonds. The number of carbonyl (C=O) groups excluding carboxylic acids is 1. The lowest BCUT2D eigenvalue weighted by molar-refractivity contribution is -0.113. The van der Waals surface area contributed by atoms with Crippen molar-refractivity contribution in [1.82, 2.24) is 5.32 Å². The summed E-state index contributed by atoms with van der Waals surface area (Å²) in [5, 5.41) is 13.4. The Morgan fingerprint density at radius 3 is 2.53 bits per heavy atom. The number of benzene rings is 1. The molecule has 4 nitrogen and oxygen atoms in total. The lowest BCUT2D eigenvalue weighted by Crippen LogP contribution is -2.33. The van der Waals surface area contributed by atoms with E-state index in [1.54, 1.807) is 12.1 Å². The Kier molecular flexibility index (Phi) is 4.00. The Labute approximate surface area is 112 Å². The number of ketones is 1. The largest absolute Gasteiger partial charge is 0.506 e. The van der Waals surface area contributed by atoms with E-state index in [-0.39, 0.29) is 17.1 Å². The van der Waals surface area contributed by atoms with E-state index in [1.807, 2.05) is 19.1 Å². The molecule has 0 saturated carbocycles. The van der Waals surface area contributed by atoms with Crippen LogP contribution in [0, 0.1) is 6.92 Å². The van der Waals surface area contributed by atoms with E-state index in [1.165, 1.54) is 6.92 Å². The molecule has 0 aromatic heterocycles. The first kappa shape index (κ1) is 13.3. The van der Waals surface area contributed by atoms with Gasteiger partial charge in [-0.25, -0.2) is 0 Å². The summed E-state index contributed by atoms with van der Waals surface area (Å²) in [6.45, 7) is 4.87. The number of aliphatic hydroxyl groups is 1. The van der Waals surface area contributed by atoms with E-state index >= 15 is 0 Å². The second-order valence-corrected chi connectivity index (χ2v) is 4.66. The van der Waals surface area contributed by atoms with Gasteiger partial charge in [-0.1, -0.05) is 29.8 Å². The average molecular weight is 258 g/mol. The van der Waals surface area contributed by atoms with Gasteiger partial charge in [0.25, 0.3) is 0 Å². The molecule has 0 spiro atoms. The molecule has 2 rings (SSSR count). The highest BCUT2D eigenvalue weighted by Crippen LogP contribution is 2.19. The summed E-state index contributed by atoms with van der Waals surface area (Å²) in [7, 11) is 0. The Balaban J connectivity index is 2.46. The predicted molar refractivity (Wildman–Crippen MR) is 76.3 cm³/mol. The molecule has 1 aromatic rings. The molecule has 1 aromatic carbocycles. The molecule has 19 heavy (non-hydrogen) atoms. The van der Waals surface area contributed by atoms with Crippen LogP contribution in [0.2, 0.25) is 0 Å². The van der Waals surface area contributed by atoms with E-state index < -0.39 is 0 Å². The first-order chi connectivity index (χ1) is 9.09. The van der Waals surface area contributed by atoms with Gasteiger partial charge in [0, 0.05) is 18.7 Å². The average Bonchev–Trinajstić information content (AvgIpc) is 2.40. The Morgan fingerprint density at radius 2 is 2.00 bits per heavy atom. The third kappa shape index (κ3) is 3.02. The highest BCUT2D eigenvalue weighted by atomic mass is 16.3. The summed E-state index contributed by atoms with van der Waals surface area (Å²) in [5.41, 5.74) is 2.00. The summed E-state index contributed by atoms with van der Waals surface area (Å²) < 4.78 is 0. The summed E-state index contributed by atoms with van der Waals surface area (Å²) in [4.78, 5) is 16.1. The van der Waals surface area contributed by atoms with Crippen molar-refractivity contribution in [3.8, 4) is 0 Å². The van der Waals surface area contributed by atoms with Crippen molar-refractivity contribution >= 4 is 17.4 Å². The molecule has 0 fully saturated rings. The fraction of sp³-hybridized carbons (Fsp3) is 0.333. The number of rotatable bonds is 3. The molecule has 4 heteroatoms. The van der Waals surface area contributed by atoms with Gasteiger partial charge in [0.1, 0.15) is 17.2 Å². The maximum atomic E-state index is 11.8. The molecule has 0 atom stereocenters. The third-order valence-corrected chi connectivity index (χ3v) is 3.05. The fourth-order valence-corrected chi connectivity index (χ4v) is 2.00. The fourth-order valence-electron chi connectivity index (χ4n) is 2.00. The Hall–Kier alpha value is -2.10. The molecule has 0 radical (unpaired) electrons. The zero-order valence-corrected chi connectivity index (χ0v) is 11.2. The van der Waals surface area contributed by atoms with Crippen LogP contribution in [0.4, 0.5) is 0 Å². The smallest absolute Gasteiger partial charge is 0.167 e. The summed E-state index contributed by atoms with van der Waals surface area (Å²) in [6.07, 6.45) is 0.944. The van der Waals surface area contributed by atoms with Crippen LogP contribution >= 0.6 is 0 Å². The lowest BCUT2D eigenvalue weighted by Gasteiger charge is -2.17. The number of nitrogens with zero attached hydrogens (tertiary/aromatic N) is 1. The molecule has 1 aliphatic rings. The van der Waals surface area contributed by atoms with Crippen LogP contribution in [-0.4, -0.2) is 29.8 Å². The maximum Gasteiger partial charge on any atom is 0.167 e. The highest BCUT2D eigenvalue weighted by molar-refractivity contribution is 6.25. The van der Waals surface area contributed by atoms with Crippen molar-refractivity contribution in [2.24, 2.45) is 4.99 Å². The zero-order valence-electron chi connectivity index (χ0n) is 11.2. The Morgan fingerprint density at radius 1 is 1.32 bits per heavy atom. The van der Waals surface area contributed by atoms with E-state index in [9.17, 15) is 9.90 Å². The molecule has 0 saturated heterocycles. The minimum absolute atomic E-state index is 0.0133. The molecule has 0 unspecified atom stereocenters. The monoisotopic (exact) mass is 258 g/mol. The number of carbonyl (C=O) groups is 1. The quantitative estimate of drug-likeness (QED) is 0.645. The number of nitrogens with one attached hydrogen (secondary N) is 1. The molecule has 0 aliphatic carbocycles. The number of hydrogen-bond acceptors (Lipinski definition) is 4. The maximum absolute atomic E-state index is 11.8. The Bertz CT molecular complexity index is 542. The van der Waals surface area contributed by atoms with E-state index in [4.69, 9.17) is 0 Å². The van der Waals surface area contributed by atoms with Crippen LogP contribution in [0.25, 0.3) is 5.76 Å². The van der Waals surface area contributed by atoms with Crippen molar-refractivity contribution in [1.29, 1.82) is 0 Å². The highest BCUT2D eigenvalue weighted by Gasteiger charge is 2.20. The van der Waals surface area contributed by atoms with Crippen molar-refractivity contribution in [3.05, 3.63) is 41.0 Å². The van der Waals surface area contributed by atoms with Gasteiger partial charge in [-0.05, 0) is 20.3 Å². The minimum Gasteiger partial charge on any atom is -0.506 e. The van der Waals surface area contributed by atoms with Gasteiger partial charge in [0.2, 0.25) is 0 Å². The van der Waals surface area contributed by atoms with Gasteiger partial charge in [-0.3, -0.25) is 9.79 Å². The third-order valence-electron chi connectivity index (χ3n) is 3.05. The molecular formula is C15H18N2O2. The van der Waals surface area contributed by atoms with Crippen LogP contribution in [0.3, 0.4) is 0 Å². The predicted octanol–water partition coefficient (Wildman–Crippen LogP) is 2.24. The number of Topliss-reactive ketones (excluding diaryl/α,β-unsaturated/α-hetero) is 1. The van der Waals surface area contributed by atoms with Gasteiger partial charge in [-0.15, -0.1) is 0 Å². The van der Waals surface area contributed by atoms with E-state index in [2.05, 4.69) is 10.3 Å². The molecule has 0 bridgehead atoms. The number of aryl methyl sites for hydroxylation is 1. The second-order valence-electron chi connectivity index (χ2n) is 4.66. The summed E-state index contributed by atoms with van der Waals surface area (Å²) in [6, 6.07) is 7.41. The van der Waals surface area contributed by atoms with Gasteiger partial charge in [0.15, 0.2) is 5.78 Å². The number of aliphatic hydroxyl groups excluding tert-OH is 1. The zero-order chi connectivity index (χ0) is 13.8. The van der Waals surface area contributed by atoms with Crippen molar-refractivity contribution in [2.75, 3.05) is 13.1 Å². The van der Waals surface area contributed by atoms with Crippen molar-refractivity contribution in [2.45, 2.75) is 20.3 Å². The first-order valence-electron chi connectivity index (χ1n) is 6.39. The number of hydrogen-bond donors (Lipinski definition) is 2. The van der Waals surface area contributed by atoms with Crippen LogP contribution < -0.4 is 5.32 Å². The summed E-state index contributed by atoms with van der Waals surface area (Å²) in [5.74, 6) is 0.295. The number of amidine groups is 1. The van der Waals surface area contributed by atoms with Crippen LogP contribution in [0.15, 0.2) is 34.8 Å². The van der Waals surface area contributed by atoms with Crippen LogP contribution in [-0.2, 0) is 4.79 Å². The lowest BCUT2D eigenvalue weighted by atomic mass is 10.0. The normalized spacial score (nSPS) is 16.2.